The van der Waals surface area contributed by atoms with Gasteiger partial charge in [-0.3, -0.25) is 0 Å². The second-order valence-corrected chi connectivity index (χ2v) is 14.7. The molecule has 2 heteroatoms. The average molecular weight is 685 g/mol. The maximum absolute atomic E-state index is 2.49. The fraction of sp³-hybridized carbons (Fsp3) is 0.137. The van der Waals surface area contributed by atoms with Crippen molar-refractivity contribution in [1.29, 1.82) is 0 Å². The van der Waals surface area contributed by atoms with E-state index >= 15 is 0 Å². The number of benzene rings is 7. The molecule has 53 heavy (non-hydrogen) atoms. The van der Waals surface area contributed by atoms with Gasteiger partial charge >= 0.3 is 0 Å². The molecule has 0 unspecified atom stereocenters. The molecule has 0 amide bonds. The number of hydrogen-bond acceptors (Lipinski definition) is 1. The molecule has 7 aromatic carbocycles. The minimum absolute atomic E-state index is 0.0986. The van der Waals surface area contributed by atoms with E-state index in [-0.39, 0.29) is 5.41 Å². The number of rotatable bonds is 8. The van der Waals surface area contributed by atoms with Gasteiger partial charge in [-0.25, -0.2) is 0 Å². The van der Waals surface area contributed by atoms with Crippen molar-refractivity contribution in [3.8, 4) is 39.2 Å². The molecule has 0 saturated carbocycles. The first kappa shape index (κ1) is 32.8. The highest BCUT2D eigenvalue weighted by molar-refractivity contribution is 5.98. The number of para-hydroxylation sites is 1. The van der Waals surface area contributed by atoms with E-state index in [1.807, 2.05) is 0 Å². The summed E-state index contributed by atoms with van der Waals surface area (Å²) in [6.45, 7) is 9.29. The van der Waals surface area contributed by atoms with Crippen LogP contribution >= 0.6 is 0 Å². The van der Waals surface area contributed by atoms with Crippen LogP contribution in [0.25, 0.3) is 50.1 Å². The summed E-state index contributed by atoms with van der Waals surface area (Å²) in [6.07, 6.45) is 1.90. The van der Waals surface area contributed by atoms with Crippen LogP contribution in [-0.4, -0.2) is 4.57 Å². The minimum atomic E-state index is -0.0986. The number of aromatic nitrogens is 1. The third-order valence-electron chi connectivity index (χ3n) is 11.4. The minimum Gasteiger partial charge on any atom is -0.310 e. The Labute approximate surface area is 313 Å². The van der Waals surface area contributed by atoms with Gasteiger partial charge in [-0.1, -0.05) is 143 Å². The number of nitrogens with zero attached hydrogens (tertiary/aromatic N) is 2. The molecular formula is C51H44N2. The summed E-state index contributed by atoms with van der Waals surface area (Å²) in [5.41, 5.74) is 18.9. The second-order valence-electron chi connectivity index (χ2n) is 14.7. The Kier molecular flexibility index (Phi) is 8.12. The smallest absolute Gasteiger partial charge is 0.0575 e. The summed E-state index contributed by atoms with van der Waals surface area (Å²) in [6, 6.07) is 62.6. The second kappa shape index (κ2) is 13.1. The van der Waals surface area contributed by atoms with Crippen LogP contribution in [0.15, 0.2) is 170 Å². The number of anilines is 3. The van der Waals surface area contributed by atoms with Crippen LogP contribution in [0.2, 0.25) is 0 Å². The van der Waals surface area contributed by atoms with Crippen LogP contribution in [0, 0.1) is 0 Å². The molecule has 0 fully saturated rings. The van der Waals surface area contributed by atoms with E-state index in [1.54, 1.807) is 0 Å². The summed E-state index contributed by atoms with van der Waals surface area (Å²) >= 11 is 0. The van der Waals surface area contributed by atoms with E-state index in [2.05, 4.69) is 207 Å². The van der Waals surface area contributed by atoms with Gasteiger partial charge in [-0.05, 0) is 112 Å². The van der Waals surface area contributed by atoms with Gasteiger partial charge in [-0.15, -0.1) is 0 Å². The number of fused-ring (bicyclic) bond motifs is 4. The highest BCUT2D eigenvalue weighted by Crippen LogP contribution is 2.51. The van der Waals surface area contributed by atoms with Crippen molar-refractivity contribution in [1.82, 2.24) is 4.57 Å². The summed E-state index contributed by atoms with van der Waals surface area (Å²) in [5, 5.41) is 1.29. The fourth-order valence-electron chi connectivity index (χ4n) is 8.74. The third-order valence-corrected chi connectivity index (χ3v) is 11.4. The standard InChI is InChI=1S/C51H44N2/c1-5-35-17-13-14-22-43(35)50-42(6-2)46-33-40(30-32-49(46)53(50)38-20-11-8-12-21-38)52(39-27-25-37(26-28-39)36-18-9-7-10-19-36)41-29-31-45-44-23-15-16-24-47(44)51(3,4)48(45)34-41/h7-34H,5-6H2,1-4H3. The normalized spacial score (nSPS) is 12.8. The molecule has 258 valence electrons. The Morgan fingerprint density at radius 2 is 1.08 bits per heavy atom. The molecule has 0 atom stereocenters. The van der Waals surface area contributed by atoms with Gasteiger partial charge < -0.3 is 9.47 Å². The van der Waals surface area contributed by atoms with E-state index in [0.29, 0.717) is 0 Å². The Morgan fingerprint density at radius 1 is 0.491 bits per heavy atom. The molecule has 0 radical (unpaired) electrons. The average Bonchev–Trinajstić information content (AvgIpc) is 3.66. The van der Waals surface area contributed by atoms with Gasteiger partial charge in [0.25, 0.3) is 0 Å². The molecule has 0 aliphatic heterocycles. The predicted molar refractivity (Wildman–Crippen MR) is 225 cm³/mol. The zero-order valence-corrected chi connectivity index (χ0v) is 31.0. The molecule has 1 heterocycles. The highest BCUT2D eigenvalue weighted by atomic mass is 15.1. The van der Waals surface area contributed by atoms with Crippen LogP contribution in [0.4, 0.5) is 17.1 Å². The Balaban J connectivity index is 1.27. The van der Waals surface area contributed by atoms with E-state index in [1.165, 1.54) is 72.4 Å². The van der Waals surface area contributed by atoms with Crippen molar-refractivity contribution in [3.63, 3.8) is 0 Å². The molecule has 0 N–H and O–H groups in total. The maximum Gasteiger partial charge on any atom is 0.0575 e. The molecule has 1 aliphatic carbocycles. The van der Waals surface area contributed by atoms with Crippen molar-refractivity contribution >= 4 is 28.0 Å². The van der Waals surface area contributed by atoms with Crippen LogP contribution < -0.4 is 4.90 Å². The van der Waals surface area contributed by atoms with Crippen LogP contribution in [-0.2, 0) is 18.3 Å². The monoisotopic (exact) mass is 684 g/mol. The first-order valence-corrected chi connectivity index (χ1v) is 19.0. The zero-order chi connectivity index (χ0) is 36.1. The Hall–Kier alpha value is -6.12. The lowest BCUT2D eigenvalue weighted by Gasteiger charge is -2.28. The summed E-state index contributed by atoms with van der Waals surface area (Å²) in [4.78, 5) is 2.45. The maximum atomic E-state index is 2.49. The molecule has 0 bridgehead atoms. The number of hydrogen-bond donors (Lipinski definition) is 0. The van der Waals surface area contributed by atoms with Crippen molar-refractivity contribution in [2.45, 2.75) is 46.0 Å². The van der Waals surface area contributed by atoms with Gasteiger partial charge in [0.05, 0.1) is 11.2 Å². The van der Waals surface area contributed by atoms with Crippen molar-refractivity contribution in [3.05, 3.63) is 192 Å². The molecule has 0 saturated heterocycles. The first-order chi connectivity index (χ1) is 26.0. The van der Waals surface area contributed by atoms with Gasteiger partial charge in [0, 0.05) is 39.1 Å². The first-order valence-electron chi connectivity index (χ1n) is 19.0. The van der Waals surface area contributed by atoms with Gasteiger partial charge in [-0.2, -0.15) is 0 Å². The molecule has 0 spiro atoms. The lowest BCUT2D eigenvalue weighted by atomic mass is 9.82. The van der Waals surface area contributed by atoms with Gasteiger partial charge in [0.1, 0.15) is 0 Å². The zero-order valence-electron chi connectivity index (χ0n) is 31.0. The molecule has 1 aromatic heterocycles. The van der Waals surface area contributed by atoms with Gasteiger partial charge in [0.15, 0.2) is 0 Å². The lowest BCUT2D eigenvalue weighted by molar-refractivity contribution is 0.660. The Bertz CT molecular complexity index is 2590. The van der Waals surface area contributed by atoms with Crippen LogP contribution in [0.5, 0.6) is 0 Å². The molecular weight excluding hydrogens is 641 g/mol. The summed E-state index contributed by atoms with van der Waals surface area (Å²) < 4.78 is 2.49. The third kappa shape index (κ3) is 5.40. The van der Waals surface area contributed by atoms with E-state index in [4.69, 9.17) is 0 Å². The lowest BCUT2D eigenvalue weighted by Crippen LogP contribution is -2.16. The highest BCUT2D eigenvalue weighted by Gasteiger charge is 2.36. The van der Waals surface area contributed by atoms with E-state index < -0.39 is 0 Å². The van der Waals surface area contributed by atoms with E-state index in [0.717, 1.165) is 29.9 Å². The number of aryl methyl sites for hydroxylation is 2. The van der Waals surface area contributed by atoms with Gasteiger partial charge in [0.2, 0.25) is 0 Å². The largest absolute Gasteiger partial charge is 0.310 e. The quantitative estimate of drug-likeness (QED) is 0.155. The molecule has 2 nitrogen and oxygen atoms in total. The predicted octanol–water partition coefficient (Wildman–Crippen LogP) is 13.9. The Morgan fingerprint density at radius 3 is 1.81 bits per heavy atom. The molecule has 1 aliphatic rings. The van der Waals surface area contributed by atoms with Crippen LogP contribution in [0.1, 0.15) is 49.9 Å². The topological polar surface area (TPSA) is 8.17 Å². The molecule has 9 rings (SSSR count). The van der Waals surface area contributed by atoms with E-state index in [9.17, 15) is 0 Å². The summed E-state index contributed by atoms with van der Waals surface area (Å²) in [5.74, 6) is 0. The fourth-order valence-corrected chi connectivity index (χ4v) is 8.74. The SMILES string of the molecule is CCc1ccccc1-c1c(CC)c2cc(N(c3ccc(-c4ccccc4)cc3)c3ccc4c(c3)C(C)(C)c3ccccc3-4)ccc2n1-c1ccccc1. The van der Waals surface area contributed by atoms with Crippen molar-refractivity contribution in [2.75, 3.05) is 4.90 Å². The van der Waals surface area contributed by atoms with Crippen molar-refractivity contribution in [2.24, 2.45) is 0 Å². The summed E-state index contributed by atoms with van der Waals surface area (Å²) in [7, 11) is 0. The van der Waals surface area contributed by atoms with Crippen molar-refractivity contribution < 1.29 is 0 Å². The van der Waals surface area contributed by atoms with Crippen LogP contribution in [0.3, 0.4) is 0 Å². The molecule has 8 aromatic rings.